The average Bonchev–Trinajstić information content (AvgIpc) is 3.20. The Hall–Kier alpha value is -0.790. The zero-order valence-corrected chi connectivity index (χ0v) is 15.6. The lowest BCUT2D eigenvalue weighted by molar-refractivity contribution is -0.106. The molecule has 0 spiro atoms. The Morgan fingerprint density at radius 1 is 0.917 bits per heavy atom. The van der Waals surface area contributed by atoms with Crippen LogP contribution in [0.5, 0.6) is 0 Å². The van der Waals surface area contributed by atoms with E-state index in [0.717, 1.165) is 23.7 Å². The van der Waals surface area contributed by atoms with E-state index >= 15 is 0 Å². The van der Waals surface area contributed by atoms with E-state index in [9.17, 15) is 0 Å². The van der Waals surface area contributed by atoms with Crippen molar-refractivity contribution in [3.05, 3.63) is 18.2 Å². The molecule has 1 aromatic heterocycles. The van der Waals surface area contributed by atoms with Crippen LogP contribution in [0.2, 0.25) is 0 Å². The first-order valence-electron chi connectivity index (χ1n) is 10.6. The highest BCUT2D eigenvalue weighted by molar-refractivity contribution is 5.18. The van der Waals surface area contributed by atoms with Gasteiger partial charge in [-0.2, -0.15) is 0 Å². The highest BCUT2D eigenvalue weighted by atomic mass is 14.9. The third-order valence-electron chi connectivity index (χ3n) is 9.46. The molecular weight excluding hydrogens is 292 g/mol. The van der Waals surface area contributed by atoms with Gasteiger partial charge in [-0.15, -0.1) is 0 Å². The summed E-state index contributed by atoms with van der Waals surface area (Å²) in [6.07, 6.45) is 18.9. The molecule has 0 radical (unpaired) electrons. The summed E-state index contributed by atoms with van der Waals surface area (Å²) in [4.78, 5) is 7.87. The van der Waals surface area contributed by atoms with Crippen LogP contribution in [-0.2, 0) is 0 Å². The molecule has 4 saturated carbocycles. The fourth-order valence-electron chi connectivity index (χ4n) is 8.24. The molecule has 0 amide bonds. The molecule has 2 unspecified atom stereocenters. The lowest BCUT2D eigenvalue weighted by atomic mass is 9.45. The predicted octanol–water partition coefficient (Wildman–Crippen LogP) is 5.93. The molecule has 0 saturated heterocycles. The number of nitrogens with one attached hydrogen (secondary N) is 1. The minimum absolute atomic E-state index is 0.508. The maximum absolute atomic E-state index is 4.66. The van der Waals surface area contributed by atoms with Crippen LogP contribution in [-0.4, -0.2) is 9.97 Å². The summed E-state index contributed by atoms with van der Waals surface area (Å²) in [5, 5.41) is 0. The van der Waals surface area contributed by atoms with Crippen molar-refractivity contribution < 1.29 is 0 Å². The Morgan fingerprint density at radius 3 is 2.62 bits per heavy atom. The number of hydrogen-bond acceptors (Lipinski definition) is 1. The van der Waals surface area contributed by atoms with Crippen LogP contribution in [0.4, 0.5) is 0 Å². The number of imidazole rings is 1. The second-order valence-corrected chi connectivity index (χ2v) is 10.1. The SMILES string of the molecule is C[C@]12CCCCC1CC[C@@H]1[C@@H]2CC[C@]2(C)C(c3c[nH]cn3)CC[C@@H]12. The van der Waals surface area contributed by atoms with Crippen molar-refractivity contribution >= 4 is 0 Å². The van der Waals surface area contributed by atoms with Gasteiger partial charge in [-0.25, -0.2) is 4.98 Å². The molecule has 4 aliphatic carbocycles. The number of nitrogens with zero attached hydrogens (tertiary/aromatic N) is 1. The topological polar surface area (TPSA) is 28.7 Å². The Labute approximate surface area is 147 Å². The molecule has 4 aliphatic rings. The lowest BCUT2D eigenvalue weighted by Gasteiger charge is -2.60. The average molecular weight is 327 g/mol. The molecule has 2 nitrogen and oxygen atoms in total. The summed E-state index contributed by atoms with van der Waals surface area (Å²) in [6, 6.07) is 0. The summed E-state index contributed by atoms with van der Waals surface area (Å²) in [7, 11) is 0. The Bertz CT molecular complexity index is 593. The van der Waals surface area contributed by atoms with Crippen molar-refractivity contribution in [2.24, 2.45) is 34.5 Å². The van der Waals surface area contributed by atoms with Gasteiger partial charge in [-0.05, 0) is 85.9 Å². The lowest BCUT2D eigenvalue weighted by Crippen LogP contribution is -2.52. The van der Waals surface area contributed by atoms with Crippen molar-refractivity contribution in [1.29, 1.82) is 0 Å². The molecule has 1 heterocycles. The van der Waals surface area contributed by atoms with Crippen molar-refractivity contribution in [3.8, 4) is 0 Å². The monoisotopic (exact) mass is 326 g/mol. The summed E-state index contributed by atoms with van der Waals surface area (Å²) < 4.78 is 0. The van der Waals surface area contributed by atoms with Crippen LogP contribution in [0.25, 0.3) is 0 Å². The molecule has 132 valence electrons. The first kappa shape index (κ1) is 15.5. The van der Waals surface area contributed by atoms with E-state index in [1.165, 1.54) is 69.9 Å². The van der Waals surface area contributed by atoms with Gasteiger partial charge in [0.15, 0.2) is 0 Å². The minimum Gasteiger partial charge on any atom is -0.351 e. The zero-order chi connectivity index (χ0) is 16.4. The highest BCUT2D eigenvalue weighted by Gasteiger charge is 2.59. The molecule has 24 heavy (non-hydrogen) atoms. The van der Waals surface area contributed by atoms with Crippen LogP contribution in [0.3, 0.4) is 0 Å². The Kier molecular flexibility index (Phi) is 3.45. The first-order chi connectivity index (χ1) is 11.6. The standard InChI is InChI=1S/C22H34N2/c1-21-11-4-3-5-15(21)6-7-16-17-8-9-19(20-13-23-14-24-20)22(17,2)12-10-18(16)21/h13-19H,3-12H2,1-2H3,(H,23,24)/t15?,16-,17-,18-,19?,21-,22-/m0/s1. The quantitative estimate of drug-likeness (QED) is 0.681. The van der Waals surface area contributed by atoms with Gasteiger partial charge in [-0.1, -0.05) is 26.7 Å². The van der Waals surface area contributed by atoms with Gasteiger partial charge in [0.1, 0.15) is 0 Å². The van der Waals surface area contributed by atoms with E-state index in [-0.39, 0.29) is 0 Å². The predicted molar refractivity (Wildman–Crippen MR) is 97.7 cm³/mol. The van der Waals surface area contributed by atoms with Gasteiger partial charge in [-0.3, -0.25) is 0 Å². The molecule has 7 atom stereocenters. The van der Waals surface area contributed by atoms with Crippen LogP contribution in [0, 0.1) is 34.5 Å². The number of fused-ring (bicyclic) bond motifs is 5. The summed E-state index contributed by atoms with van der Waals surface area (Å²) in [5.74, 6) is 4.73. The molecule has 1 N–H and O–H groups in total. The van der Waals surface area contributed by atoms with Crippen molar-refractivity contribution in [1.82, 2.24) is 9.97 Å². The van der Waals surface area contributed by atoms with Gasteiger partial charge in [0, 0.05) is 12.1 Å². The number of hydrogen-bond donors (Lipinski definition) is 1. The second-order valence-electron chi connectivity index (χ2n) is 10.1. The van der Waals surface area contributed by atoms with Crippen LogP contribution in [0.1, 0.15) is 89.7 Å². The number of aromatic nitrogens is 2. The van der Waals surface area contributed by atoms with Crippen molar-refractivity contribution in [2.75, 3.05) is 0 Å². The summed E-state index contributed by atoms with van der Waals surface area (Å²) >= 11 is 0. The first-order valence-corrected chi connectivity index (χ1v) is 10.6. The third-order valence-corrected chi connectivity index (χ3v) is 9.46. The van der Waals surface area contributed by atoms with Gasteiger partial charge in [0.05, 0.1) is 12.0 Å². The molecule has 5 rings (SSSR count). The van der Waals surface area contributed by atoms with Crippen molar-refractivity contribution in [2.45, 2.75) is 84.0 Å². The third kappa shape index (κ3) is 1.98. The Morgan fingerprint density at radius 2 is 1.79 bits per heavy atom. The van der Waals surface area contributed by atoms with Gasteiger partial charge in [0.25, 0.3) is 0 Å². The molecule has 0 bridgehead atoms. The van der Waals surface area contributed by atoms with E-state index in [1.54, 1.807) is 0 Å². The maximum atomic E-state index is 4.66. The fourth-order valence-corrected chi connectivity index (χ4v) is 8.24. The van der Waals surface area contributed by atoms with Gasteiger partial charge in [0.2, 0.25) is 0 Å². The molecule has 2 heteroatoms. The maximum Gasteiger partial charge on any atom is 0.0923 e. The van der Waals surface area contributed by atoms with E-state index in [4.69, 9.17) is 0 Å². The van der Waals surface area contributed by atoms with Gasteiger partial charge >= 0.3 is 0 Å². The van der Waals surface area contributed by atoms with Crippen LogP contribution < -0.4 is 0 Å². The number of aromatic amines is 1. The molecule has 0 aliphatic heterocycles. The highest BCUT2D eigenvalue weighted by Crippen LogP contribution is 2.68. The normalized spacial score (nSPS) is 50.8. The smallest absolute Gasteiger partial charge is 0.0923 e. The van der Waals surface area contributed by atoms with E-state index < -0.39 is 0 Å². The Balaban J connectivity index is 1.45. The summed E-state index contributed by atoms with van der Waals surface area (Å²) in [5.41, 5.74) is 2.53. The molecule has 1 aromatic rings. The molecule has 4 fully saturated rings. The second kappa shape index (κ2) is 5.35. The van der Waals surface area contributed by atoms with E-state index in [2.05, 4.69) is 30.0 Å². The van der Waals surface area contributed by atoms with Crippen molar-refractivity contribution in [3.63, 3.8) is 0 Å². The summed E-state index contributed by atoms with van der Waals surface area (Å²) in [6.45, 7) is 5.31. The zero-order valence-electron chi connectivity index (χ0n) is 15.6. The van der Waals surface area contributed by atoms with Crippen LogP contribution >= 0.6 is 0 Å². The minimum atomic E-state index is 0.508. The van der Waals surface area contributed by atoms with E-state index in [0.29, 0.717) is 16.7 Å². The fraction of sp³-hybridized carbons (Fsp3) is 0.864. The number of rotatable bonds is 1. The molecule has 0 aromatic carbocycles. The number of H-pyrrole nitrogens is 1. The van der Waals surface area contributed by atoms with Crippen LogP contribution in [0.15, 0.2) is 12.5 Å². The van der Waals surface area contributed by atoms with E-state index in [1.807, 2.05) is 6.33 Å². The molecular formula is C22H34N2. The largest absolute Gasteiger partial charge is 0.351 e. The van der Waals surface area contributed by atoms with Gasteiger partial charge < -0.3 is 4.98 Å².